The highest BCUT2D eigenvalue weighted by molar-refractivity contribution is 6.04. The molecule has 0 unspecified atom stereocenters. The molecule has 0 aliphatic carbocycles. The van der Waals surface area contributed by atoms with Crippen LogP contribution < -0.4 is 19.7 Å². The van der Waals surface area contributed by atoms with Gasteiger partial charge in [-0.25, -0.2) is 9.97 Å². The van der Waals surface area contributed by atoms with Crippen molar-refractivity contribution in [2.75, 3.05) is 36.5 Å². The van der Waals surface area contributed by atoms with Gasteiger partial charge in [0.25, 0.3) is 5.91 Å². The van der Waals surface area contributed by atoms with Crippen LogP contribution in [0, 0.1) is 5.92 Å². The molecule has 0 atom stereocenters. The largest absolute Gasteiger partial charge is 0.486 e. The molecular weight excluding hydrogens is 332 g/mol. The number of rotatable bonds is 3. The molecule has 1 saturated heterocycles. The van der Waals surface area contributed by atoms with E-state index in [0.717, 1.165) is 31.8 Å². The molecule has 4 rings (SSSR count). The molecule has 0 radical (unpaired) electrons. The first-order valence-corrected chi connectivity index (χ1v) is 8.97. The van der Waals surface area contributed by atoms with Crippen molar-refractivity contribution >= 4 is 17.5 Å². The van der Waals surface area contributed by atoms with Crippen molar-refractivity contribution in [2.45, 2.75) is 19.8 Å². The highest BCUT2D eigenvalue weighted by atomic mass is 16.6. The third-order valence-corrected chi connectivity index (χ3v) is 4.77. The molecule has 2 aliphatic rings. The number of hydrogen-bond donors (Lipinski definition) is 1. The van der Waals surface area contributed by atoms with Crippen LogP contribution in [-0.4, -0.2) is 42.2 Å². The summed E-state index contributed by atoms with van der Waals surface area (Å²) in [5, 5.41) is 2.85. The first-order valence-electron chi connectivity index (χ1n) is 8.97. The maximum absolute atomic E-state index is 12.4. The number of nitrogens with one attached hydrogen (secondary N) is 1. The number of benzene rings is 1. The van der Waals surface area contributed by atoms with Crippen molar-refractivity contribution < 1.29 is 14.3 Å². The zero-order valence-corrected chi connectivity index (χ0v) is 14.8. The predicted molar refractivity (Wildman–Crippen MR) is 98.0 cm³/mol. The van der Waals surface area contributed by atoms with Crippen LogP contribution in [0.1, 0.15) is 30.1 Å². The number of aromatic nitrogens is 2. The topological polar surface area (TPSA) is 76.6 Å². The van der Waals surface area contributed by atoms with Crippen molar-refractivity contribution in [3.8, 4) is 11.5 Å². The Labute approximate surface area is 152 Å². The van der Waals surface area contributed by atoms with Gasteiger partial charge in [0.05, 0.1) is 5.56 Å². The van der Waals surface area contributed by atoms with Crippen LogP contribution in [0.3, 0.4) is 0 Å². The lowest BCUT2D eigenvalue weighted by Gasteiger charge is -2.30. The normalized spacial score (nSPS) is 17.0. The molecule has 1 fully saturated rings. The zero-order chi connectivity index (χ0) is 17.9. The maximum Gasteiger partial charge on any atom is 0.258 e. The Balaban J connectivity index is 1.42. The molecule has 2 aliphatic heterocycles. The Hall–Kier alpha value is -2.83. The minimum Gasteiger partial charge on any atom is -0.486 e. The van der Waals surface area contributed by atoms with E-state index in [-0.39, 0.29) is 5.91 Å². The number of ether oxygens (including phenoxy) is 2. The standard InChI is InChI=1S/C19H22N4O3/c1-13-4-6-23(7-5-13)19-20-11-14(12-21-19)18(24)22-15-2-3-16-17(10-15)26-9-8-25-16/h2-3,10-13H,4-9H2,1H3,(H,22,24). The number of carbonyl (C=O) groups excluding carboxylic acids is 1. The minimum atomic E-state index is -0.250. The van der Waals surface area contributed by atoms with E-state index < -0.39 is 0 Å². The lowest BCUT2D eigenvalue weighted by molar-refractivity contribution is 0.102. The van der Waals surface area contributed by atoms with Crippen LogP contribution in [0.25, 0.3) is 0 Å². The van der Waals surface area contributed by atoms with Crippen molar-refractivity contribution in [3.63, 3.8) is 0 Å². The molecule has 3 heterocycles. The van der Waals surface area contributed by atoms with Gasteiger partial charge >= 0.3 is 0 Å². The predicted octanol–water partition coefficient (Wildman–Crippen LogP) is 2.74. The molecule has 1 amide bonds. The average molecular weight is 354 g/mol. The van der Waals surface area contributed by atoms with E-state index in [9.17, 15) is 4.79 Å². The molecule has 1 N–H and O–H groups in total. The van der Waals surface area contributed by atoms with Gasteiger partial charge in [-0.1, -0.05) is 6.92 Å². The molecule has 7 heteroatoms. The third kappa shape index (κ3) is 3.56. The SMILES string of the molecule is CC1CCN(c2ncc(C(=O)Nc3ccc4c(c3)OCCO4)cn2)CC1. The second-order valence-corrected chi connectivity index (χ2v) is 6.75. The van der Waals surface area contributed by atoms with Gasteiger partial charge in [0.15, 0.2) is 11.5 Å². The number of carbonyl (C=O) groups is 1. The second-order valence-electron chi connectivity index (χ2n) is 6.75. The van der Waals surface area contributed by atoms with Gasteiger partial charge in [-0.2, -0.15) is 0 Å². The van der Waals surface area contributed by atoms with Crippen LogP contribution in [0.4, 0.5) is 11.6 Å². The molecule has 0 spiro atoms. The second kappa shape index (κ2) is 7.19. The monoisotopic (exact) mass is 354 g/mol. The summed E-state index contributed by atoms with van der Waals surface area (Å²) in [6.45, 7) is 5.24. The fourth-order valence-electron chi connectivity index (χ4n) is 3.13. The van der Waals surface area contributed by atoms with Gasteiger partial charge in [0.1, 0.15) is 13.2 Å². The summed E-state index contributed by atoms with van der Waals surface area (Å²) in [4.78, 5) is 23.3. The lowest BCUT2D eigenvalue weighted by Crippen LogP contribution is -2.34. The number of nitrogens with zero attached hydrogens (tertiary/aromatic N) is 3. The molecular formula is C19H22N4O3. The molecule has 2 aromatic rings. The van der Waals surface area contributed by atoms with Crippen molar-refractivity contribution in [1.29, 1.82) is 0 Å². The highest BCUT2D eigenvalue weighted by Gasteiger charge is 2.19. The smallest absolute Gasteiger partial charge is 0.258 e. The first-order chi connectivity index (χ1) is 12.7. The quantitative estimate of drug-likeness (QED) is 0.913. The molecule has 26 heavy (non-hydrogen) atoms. The summed E-state index contributed by atoms with van der Waals surface area (Å²) in [6, 6.07) is 5.34. The molecule has 136 valence electrons. The van der Waals surface area contributed by atoms with E-state index in [4.69, 9.17) is 9.47 Å². The van der Waals surface area contributed by atoms with E-state index >= 15 is 0 Å². The van der Waals surface area contributed by atoms with Crippen molar-refractivity contribution in [3.05, 3.63) is 36.2 Å². The molecule has 0 saturated carbocycles. The van der Waals surface area contributed by atoms with E-state index in [2.05, 4.69) is 27.1 Å². The fraction of sp³-hybridized carbons (Fsp3) is 0.421. The van der Waals surface area contributed by atoms with E-state index in [1.165, 1.54) is 0 Å². The number of hydrogen-bond acceptors (Lipinski definition) is 6. The van der Waals surface area contributed by atoms with Gasteiger partial charge in [0, 0.05) is 37.2 Å². The van der Waals surface area contributed by atoms with Crippen LogP contribution in [0.2, 0.25) is 0 Å². The summed E-state index contributed by atoms with van der Waals surface area (Å²) in [5.41, 5.74) is 1.07. The number of amides is 1. The zero-order valence-electron chi connectivity index (χ0n) is 14.8. The van der Waals surface area contributed by atoms with Gasteiger partial charge in [-0.3, -0.25) is 4.79 Å². The summed E-state index contributed by atoms with van der Waals surface area (Å²) >= 11 is 0. The van der Waals surface area contributed by atoms with Gasteiger partial charge in [-0.05, 0) is 30.9 Å². The van der Waals surface area contributed by atoms with Crippen LogP contribution in [0.5, 0.6) is 11.5 Å². The van der Waals surface area contributed by atoms with E-state index in [0.29, 0.717) is 41.9 Å². The summed E-state index contributed by atoms with van der Waals surface area (Å²) in [7, 11) is 0. The summed E-state index contributed by atoms with van der Waals surface area (Å²) in [6.07, 6.45) is 5.45. The Morgan fingerprint density at radius 2 is 1.81 bits per heavy atom. The van der Waals surface area contributed by atoms with Gasteiger partial charge in [0.2, 0.25) is 5.95 Å². The average Bonchev–Trinajstić information content (AvgIpc) is 2.68. The van der Waals surface area contributed by atoms with E-state index in [1.54, 1.807) is 30.6 Å². The minimum absolute atomic E-state index is 0.250. The number of piperidine rings is 1. The Bertz CT molecular complexity index is 786. The molecule has 1 aromatic carbocycles. The maximum atomic E-state index is 12.4. The van der Waals surface area contributed by atoms with Crippen LogP contribution >= 0.6 is 0 Å². The fourth-order valence-corrected chi connectivity index (χ4v) is 3.13. The van der Waals surface area contributed by atoms with Gasteiger partial charge < -0.3 is 19.7 Å². The lowest BCUT2D eigenvalue weighted by atomic mass is 10.00. The third-order valence-electron chi connectivity index (χ3n) is 4.77. The van der Waals surface area contributed by atoms with Crippen molar-refractivity contribution in [1.82, 2.24) is 9.97 Å². The summed E-state index contributed by atoms with van der Waals surface area (Å²) in [5.74, 6) is 2.52. The first kappa shape index (κ1) is 16.6. The van der Waals surface area contributed by atoms with Crippen LogP contribution in [-0.2, 0) is 0 Å². The van der Waals surface area contributed by atoms with Crippen molar-refractivity contribution in [2.24, 2.45) is 5.92 Å². The highest BCUT2D eigenvalue weighted by Crippen LogP contribution is 2.32. The Morgan fingerprint density at radius 1 is 1.12 bits per heavy atom. The van der Waals surface area contributed by atoms with Crippen LogP contribution in [0.15, 0.2) is 30.6 Å². The Kier molecular flexibility index (Phi) is 4.60. The molecule has 1 aromatic heterocycles. The number of fused-ring (bicyclic) bond motifs is 1. The Morgan fingerprint density at radius 3 is 2.54 bits per heavy atom. The van der Waals surface area contributed by atoms with Gasteiger partial charge in [-0.15, -0.1) is 0 Å². The molecule has 0 bridgehead atoms. The summed E-state index contributed by atoms with van der Waals surface area (Å²) < 4.78 is 11.0. The van der Waals surface area contributed by atoms with E-state index in [1.807, 2.05) is 0 Å². The molecule has 7 nitrogen and oxygen atoms in total. The number of anilines is 2.